The maximum atomic E-state index is 11.0. The van der Waals surface area contributed by atoms with Crippen LogP contribution in [0.2, 0.25) is 0 Å². The van der Waals surface area contributed by atoms with Crippen molar-refractivity contribution in [2.24, 2.45) is 11.8 Å². The standard InChI is InChI=1S/C13H14BrNO2S/c14-12-8-5-6-9(7-8)13(12)18-11-4-2-1-3-10(11)15(16)17/h1-4,8-9,12-13H,5-7H2. The van der Waals surface area contributed by atoms with Gasteiger partial charge in [0.05, 0.1) is 9.82 Å². The normalized spacial score (nSPS) is 33.8. The Hall–Kier alpha value is -0.550. The van der Waals surface area contributed by atoms with Crippen molar-refractivity contribution < 1.29 is 4.92 Å². The van der Waals surface area contributed by atoms with Gasteiger partial charge in [0, 0.05) is 16.1 Å². The van der Waals surface area contributed by atoms with Crippen LogP contribution in [0.3, 0.4) is 0 Å². The summed E-state index contributed by atoms with van der Waals surface area (Å²) in [5.74, 6) is 1.50. The number of hydrogen-bond donors (Lipinski definition) is 0. The average molecular weight is 328 g/mol. The van der Waals surface area contributed by atoms with E-state index in [2.05, 4.69) is 15.9 Å². The summed E-state index contributed by atoms with van der Waals surface area (Å²) in [5.41, 5.74) is 0.241. The molecule has 2 aliphatic carbocycles. The number of nitro groups is 1. The van der Waals surface area contributed by atoms with Crippen LogP contribution in [0.1, 0.15) is 19.3 Å². The van der Waals surface area contributed by atoms with Gasteiger partial charge in [0.25, 0.3) is 5.69 Å². The Bertz CT molecular complexity index is 480. The van der Waals surface area contributed by atoms with Crippen LogP contribution < -0.4 is 0 Å². The largest absolute Gasteiger partial charge is 0.282 e. The Morgan fingerprint density at radius 1 is 1.28 bits per heavy atom. The fourth-order valence-electron chi connectivity index (χ4n) is 3.18. The number of nitrogens with zero attached hydrogens (tertiary/aromatic N) is 1. The fraction of sp³-hybridized carbons (Fsp3) is 0.538. The lowest BCUT2D eigenvalue weighted by molar-refractivity contribution is -0.387. The van der Waals surface area contributed by atoms with E-state index in [9.17, 15) is 10.1 Å². The van der Waals surface area contributed by atoms with Gasteiger partial charge in [-0.05, 0) is 37.2 Å². The highest BCUT2D eigenvalue weighted by molar-refractivity contribution is 9.09. The summed E-state index contributed by atoms with van der Waals surface area (Å²) in [6.07, 6.45) is 3.88. The van der Waals surface area contributed by atoms with E-state index in [-0.39, 0.29) is 10.6 Å². The zero-order chi connectivity index (χ0) is 12.7. The molecule has 2 aliphatic rings. The molecule has 2 fully saturated rings. The summed E-state index contributed by atoms with van der Waals surface area (Å²) in [6.45, 7) is 0. The molecule has 0 amide bonds. The fourth-order valence-corrected chi connectivity index (χ4v) is 5.93. The number of nitro benzene ring substituents is 1. The third kappa shape index (κ3) is 2.07. The van der Waals surface area contributed by atoms with E-state index in [0.717, 1.165) is 16.7 Å². The third-order valence-electron chi connectivity index (χ3n) is 4.07. The van der Waals surface area contributed by atoms with Gasteiger partial charge in [-0.1, -0.05) is 28.1 Å². The second-order valence-corrected chi connectivity index (χ2v) is 7.36. The highest BCUT2D eigenvalue weighted by Gasteiger charge is 2.47. The van der Waals surface area contributed by atoms with E-state index < -0.39 is 0 Å². The van der Waals surface area contributed by atoms with Gasteiger partial charge in [-0.15, -0.1) is 11.8 Å². The van der Waals surface area contributed by atoms with E-state index in [1.165, 1.54) is 19.3 Å². The van der Waals surface area contributed by atoms with Gasteiger partial charge in [-0.2, -0.15) is 0 Å². The van der Waals surface area contributed by atoms with Gasteiger partial charge in [0.15, 0.2) is 0 Å². The molecule has 4 unspecified atom stereocenters. The molecule has 0 N–H and O–H groups in total. The van der Waals surface area contributed by atoms with Crippen LogP contribution in [0, 0.1) is 22.0 Å². The maximum Gasteiger partial charge on any atom is 0.282 e. The minimum atomic E-state index is -0.279. The Morgan fingerprint density at radius 3 is 2.67 bits per heavy atom. The highest BCUT2D eigenvalue weighted by Crippen LogP contribution is 2.54. The number of para-hydroxylation sites is 1. The predicted molar refractivity (Wildman–Crippen MR) is 76.3 cm³/mol. The first kappa shape index (κ1) is 12.5. The van der Waals surface area contributed by atoms with E-state index in [0.29, 0.717) is 10.1 Å². The van der Waals surface area contributed by atoms with Crippen LogP contribution in [0.5, 0.6) is 0 Å². The number of thioether (sulfide) groups is 1. The van der Waals surface area contributed by atoms with Crippen LogP contribution in [0.15, 0.2) is 29.2 Å². The number of hydrogen-bond acceptors (Lipinski definition) is 3. The minimum Gasteiger partial charge on any atom is -0.258 e. The molecule has 3 nitrogen and oxygen atoms in total. The molecule has 0 aromatic heterocycles. The smallest absolute Gasteiger partial charge is 0.258 e. The Kier molecular flexibility index (Phi) is 3.36. The van der Waals surface area contributed by atoms with E-state index >= 15 is 0 Å². The lowest BCUT2D eigenvalue weighted by atomic mass is 10.0. The monoisotopic (exact) mass is 327 g/mol. The zero-order valence-corrected chi connectivity index (χ0v) is 12.2. The van der Waals surface area contributed by atoms with Gasteiger partial charge in [0.1, 0.15) is 0 Å². The molecule has 0 radical (unpaired) electrons. The number of rotatable bonds is 3. The Balaban J connectivity index is 1.83. The van der Waals surface area contributed by atoms with Crippen molar-refractivity contribution in [1.29, 1.82) is 0 Å². The van der Waals surface area contributed by atoms with Crippen LogP contribution in [-0.4, -0.2) is 15.0 Å². The Labute approximate surface area is 119 Å². The zero-order valence-electron chi connectivity index (χ0n) is 9.79. The van der Waals surface area contributed by atoms with Crippen molar-refractivity contribution >= 4 is 33.4 Å². The van der Waals surface area contributed by atoms with E-state index in [1.54, 1.807) is 23.9 Å². The van der Waals surface area contributed by atoms with E-state index in [1.807, 2.05) is 12.1 Å². The second-order valence-electron chi connectivity index (χ2n) is 5.08. The van der Waals surface area contributed by atoms with Crippen molar-refractivity contribution in [3.63, 3.8) is 0 Å². The summed E-state index contributed by atoms with van der Waals surface area (Å²) in [7, 11) is 0. The van der Waals surface area contributed by atoms with Crippen LogP contribution in [0.4, 0.5) is 5.69 Å². The molecule has 0 aliphatic heterocycles. The average Bonchev–Trinajstić information content (AvgIpc) is 2.93. The summed E-state index contributed by atoms with van der Waals surface area (Å²) in [5, 5.41) is 11.5. The summed E-state index contributed by atoms with van der Waals surface area (Å²) in [6, 6.07) is 7.08. The quantitative estimate of drug-likeness (QED) is 0.473. The molecule has 96 valence electrons. The van der Waals surface area contributed by atoms with Crippen molar-refractivity contribution in [2.75, 3.05) is 0 Å². The molecule has 5 heteroatoms. The first-order valence-electron chi connectivity index (χ1n) is 6.21. The molecule has 0 spiro atoms. The molecule has 2 saturated carbocycles. The molecule has 4 atom stereocenters. The van der Waals surface area contributed by atoms with E-state index in [4.69, 9.17) is 0 Å². The summed E-state index contributed by atoms with van der Waals surface area (Å²) < 4.78 is 0. The molecular weight excluding hydrogens is 314 g/mol. The molecule has 1 aromatic carbocycles. The SMILES string of the molecule is O=[N+]([O-])c1ccccc1SC1C2CCC(C2)C1Br. The molecule has 0 heterocycles. The van der Waals surface area contributed by atoms with Gasteiger partial charge in [-0.3, -0.25) is 10.1 Å². The second kappa shape index (κ2) is 4.85. The molecule has 1 aromatic rings. The third-order valence-corrected chi connectivity index (χ3v) is 7.28. The van der Waals surface area contributed by atoms with Crippen molar-refractivity contribution in [3.8, 4) is 0 Å². The number of benzene rings is 1. The van der Waals surface area contributed by atoms with Gasteiger partial charge >= 0.3 is 0 Å². The molecule has 2 bridgehead atoms. The number of alkyl halides is 1. The van der Waals surface area contributed by atoms with Crippen molar-refractivity contribution in [3.05, 3.63) is 34.4 Å². The van der Waals surface area contributed by atoms with Gasteiger partial charge in [-0.25, -0.2) is 0 Å². The van der Waals surface area contributed by atoms with Crippen LogP contribution in [0.25, 0.3) is 0 Å². The van der Waals surface area contributed by atoms with Gasteiger partial charge < -0.3 is 0 Å². The summed E-state index contributed by atoms with van der Waals surface area (Å²) in [4.78, 5) is 12.1. The first-order valence-corrected chi connectivity index (χ1v) is 8.00. The molecule has 18 heavy (non-hydrogen) atoms. The predicted octanol–water partition coefficient (Wildman–Crippen LogP) is 4.25. The molecule has 3 rings (SSSR count). The van der Waals surface area contributed by atoms with Crippen molar-refractivity contribution in [1.82, 2.24) is 0 Å². The Morgan fingerprint density at radius 2 is 2.00 bits per heavy atom. The summed E-state index contributed by atoms with van der Waals surface area (Å²) >= 11 is 5.48. The topological polar surface area (TPSA) is 43.1 Å². The molecular formula is C13H14BrNO2S. The lowest BCUT2D eigenvalue weighted by Gasteiger charge is -2.26. The lowest BCUT2D eigenvalue weighted by Crippen LogP contribution is -2.24. The number of halogens is 1. The van der Waals surface area contributed by atoms with Crippen LogP contribution >= 0.6 is 27.7 Å². The molecule has 0 saturated heterocycles. The van der Waals surface area contributed by atoms with Crippen molar-refractivity contribution in [2.45, 2.75) is 34.2 Å². The van der Waals surface area contributed by atoms with Gasteiger partial charge in [0.2, 0.25) is 0 Å². The minimum absolute atomic E-state index is 0.241. The highest BCUT2D eigenvalue weighted by atomic mass is 79.9. The number of fused-ring (bicyclic) bond motifs is 2. The van der Waals surface area contributed by atoms with Crippen LogP contribution in [-0.2, 0) is 0 Å². The maximum absolute atomic E-state index is 11.0. The first-order chi connectivity index (χ1) is 8.66.